The molecule has 63 heavy (non-hydrogen) atoms. The topological polar surface area (TPSA) is 78.9 Å². The maximum Gasteiger partial charge on any atom is 0.306 e. The lowest BCUT2D eigenvalue weighted by Gasteiger charge is -2.18. The van der Waals surface area contributed by atoms with Crippen LogP contribution in [-0.2, 0) is 28.6 Å². The molecule has 0 aliphatic carbocycles. The number of hydrogen-bond acceptors (Lipinski definition) is 6. The summed E-state index contributed by atoms with van der Waals surface area (Å²) in [5, 5.41) is 0. The molecule has 0 rings (SSSR count). The second-order valence-corrected chi connectivity index (χ2v) is 17.1. The van der Waals surface area contributed by atoms with Crippen molar-refractivity contribution in [2.45, 2.75) is 245 Å². The van der Waals surface area contributed by atoms with Crippen molar-refractivity contribution in [2.75, 3.05) is 13.2 Å². The fraction of sp³-hybridized carbons (Fsp3) is 0.702. The van der Waals surface area contributed by atoms with Crippen LogP contribution in [0.4, 0.5) is 0 Å². The zero-order valence-corrected chi connectivity index (χ0v) is 41.1. The van der Waals surface area contributed by atoms with Crippen molar-refractivity contribution in [3.63, 3.8) is 0 Å². The SMILES string of the molecule is CCCC\C=C/C=C/C=C\CCCCCCCC(=O)OC[C@@H](COC(=O)CCCCCCC/C=C/C/C=C\CCCCC)OC(=O)CCCCCCC/C=C/C/C=C\CCCCC. The highest BCUT2D eigenvalue weighted by Crippen LogP contribution is 2.13. The first-order valence-corrected chi connectivity index (χ1v) is 26.1. The van der Waals surface area contributed by atoms with E-state index in [0.717, 1.165) is 135 Å². The molecule has 0 saturated heterocycles. The van der Waals surface area contributed by atoms with Crippen LogP contribution in [0, 0.1) is 0 Å². The number of carbonyl (C=O) groups is 3. The molecule has 0 N–H and O–H groups in total. The number of esters is 3. The summed E-state index contributed by atoms with van der Waals surface area (Å²) in [6, 6.07) is 0. The van der Waals surface area contributed by atoms with Crippen molar-refractivity contribution in [1.82, 2.24) is 0 Å². The Hall–Kier alpha value is -3.41. The van der Waals surface area contributed by atoms with Gasteiger partial charge in [0.25, 0.3) is 0 Å². The molecule has 0 aromatic rings. The third-order valence-electron chi connectivity index (χ3n) is 10.9. The second-order valence-electron chi connectivity index (χ2n) is 17.1. The molecule has 0 amide bonds. The maximum absolute atomic E-state index is 12.8. The molecule has 6 heteroatoms. The molecular formula is C57H96O6. The Bertz CT molecular complexity index is 1240. The van der Waals surface area contributed by atoms with Crippen LogP contribution in [0.3, 0.4) is 0 Å². The van der Waals surface area contributed by atoms with Gasteiger partial charge in [0.2, 0.25) is 0 Å². The van der Waals surface area contributed by atoms with Gasteiger partial charge in [-0.15, -0.1) is 0 Å². The lowest BCUT2D eigenvalue weighted by atomic mass is 10.1. The Morgan fingerprint density at radius 2 is 0.651 bits per heavy atom. The summed E-state index contributed by atoms with van der Waals surface area (Å²) in [5.74, 6) is -0.944. The van der Waals surface area contributed by atoms with Gasteiger partial charge in [0, 0.05) is 19.3 Å². The Morgan fingerprint density at radius 1 is 0.333 bits per heavy atom. The van der Waals surface area contributed by atoms with E-state index in [1.165, 1.54) is 64.2 Å². The van der Waals surface area contributed by atoms with E-state index in [9.17, 15) is 14.4 Å². The van der Waals surface area contributed by atoms with Gasteiger partial charge < -0.3 is 14.2 Å². The number of carbonyl (C=O) groups excluding carboxylic acids is 3. The summed E-state index contributed by atoms with van der Waals surface area (Å²) in [7, 11) is 0. The molecule has 0 aliphatic heterocycles. The zero-order valence-electron chi connectivity index (χ0n) is 41.1. The summed E-state index contributed by atoms with van der Waals surface area (Å²) >= 11 is 0. The van der Waals surface area contributed by atoms with Crippen LogP contribution in [0.2, 0.25) is 0 Å². The zero-order chi connectivity index (χ0) is 45.8. The van der Waals surface area contributed by atoms with Crippen LogP contribution in [0.15, 0.2) is 85.1 Å². The first kappa shape index (κ1) is 59.6. The molecule has 0 aromatic carbocycles. The highest BCUT2D eigenvalue weighted by Gasteiger charge is 2.19. The van der Waals surface area contributed by atoms with Gasteiger partial charge in [-0.2, -0.15) is 0 Å². The van der Waals surface area contributed by atoms with E-state index in [-0.39, 0.29) is 31.1 Å². The molecular weight excluding hydrogens is 781 g/mol. The van der Waals surface area contributed by atoms with E-state index in [1.54, 1.807) is 0 Å². The molecule has 0 fully saturated rings. The smallest absolute Gasteiger partial charge is 0.306 e. The number of hydrogen-bond donors (Lipinski definition) is 0. The standard InChI is InChI=1S/C57H96O6/c1-4-7-10-13-16-19-22-25-28-31-34-37-40-43-46-49-55(58)61-52-54(63-57(60)51-48-45-42-39-36-33-30-27-24-21-18-15-12-9-6-3)53-62-56(59)50-47-44-41-38-35-32-29-26-23-20-17-14-11-8-5-2/h13,16-22,25-30,54H,4-12,14-15,23-24,31-53H2,1-3H3/b16-13-,20-17-,21-18-,22-19+,28-25-,29-26+,30-27+/t54-/m0/s1. The molecule has 0 radical (unpaired) electrons. The molecule has 0 heterocycles. The normalized spacial score (nSPS) is 12.7. The number of allylic oxidation sites excluding steroid dienone is 14. The minimum Gasteiger partial charge on any atom is -0.462 e. The van der Waals surface area contributed by atoms with E-state index in [0.29, 0.717) is 19.3 Å². The third-order valence-corrected chi connectivity index (χ3v) is 10.9. The summed E-state index contributed by atoms with van der Waals surface area (Å²) < 4.78 is 16.8. The van der Waals surface area contributed by atoms with Crippen molar-refractivity contribution >= 4 is 17.9 Å². The van der Waals surface area contributed by atoms with E-state index < -0.39 is 6.10 Å². The monoisotopic (exact) mass is 877 g/mol. The Labute approximate surface area is 388 Å². The molecule has 6 nitrogen and oxygen atoms in total. The Kier molecular flexibility index (Phi) is 48.5. The van der Waals surface area contributed by atoms with Crippen LogP contribution in [0.25, 0.3) is 0 Å². The number of ether oxygens (including phenoxy) is 3. The molecule has 0 aromatic heterocycles. The molecule has 1 atom stereocenters. The van der Waals surface area contributed by atoms with Crippen LogP contribution in [0.1, 0.15) is 239 Å². The second kappa shape index (κ2) is 51.2. The first-order chi connectivity index (χ1) is 31.0. The van der Waals surface area contributed by atoms with Crippen molar-refractivity contribution in [2.24, 2.45) is 0 Å². The van der Waals surface area contributed by atoms with Crippen molar-refractivity contribution in [3.05, 3.63) is 85.1 Å². The van der Waals surface area contributed by atoms with E-state index in [4.69, 9.17) is 14.2 Å². The van der Waals surface area contributed by atoms with Crippen molar-refractivity contribution in [1.29, 1.82) is 0 Å². The van der Waals surface area contributed by atoms with Gasteiger partial charge in [0.1, 0.15) is 13.2 Å². The summed E-state index contributed by atoms with van der Waals surface area (Å²) in [5.41, 5.74) is 0. The van der Waals surface area contributed by atoms with Crippen LogP contribution >= 0.6 is 0 Å². The molecule has 360 valence electrons. The summed E-state index contributed by atoms with van der Waals surface area (Å²) in [6.07, 6.45) is 65.5. The predicted molar refractivity (Wildman–Crippen MR) is 270 cm³/mol. The van der Waals surface area contributed by atoms with Gasteiger partial charge in [0.05, 0.1) is 0 Å². The maximum atomic E-state index is 12.8. The number of unbranched alkanes of at least 4 members (excludes halogenated alkanes) is 23. The van der Waals surface area contributed by atoms with Gasteiger partial charge in [-0.3, -0.25) is 14.4 Å². The van der Waals surface area contributed by atoms with E-state index >= 15 is 0 Å². The van der Waals surface area contributed by atoms with Gasteiger partial charge in [-0.25, -0.2) is 0 Å². The highest BCUT2D eigenvalue weighted by atomic mass is 16.6. The highest BCUT2D eigenvalue weighted by molar-refractivity contribution is 5.71. The lowest BCUT2D eigenvalue weighted by molar-refractivity contribution is -0.167. The number of rotatable bonds is 46. The first-order valence-electron chi connectivity index (χ1n) is 26.1. The van der Waals surface area contributed by atoms with Gasteiger partial charge in [0.15, 0.2) is 6.10 Å². The Morgan fingerprint density at radius 3 is 1.05 bits per heavy atom. The molecule has 0 saturated carbocycles. The van der Waals surface area contributed by atoms with Crippen LogP contribution in [-0.4, -0.2) is 37.2 Å². The van der Waals surface area contributed by atoms with Crippen LogP contribution in [0.5, 0.6) is 0 Å². The molecule has 0 unspecified atom stereocenters. The van der Waals surface area contributed by atoms with Crippen molar-refractivity contribution < 1.29 is 28.6 Å². The quantitative estimate of drug-likeness (QED) is 0.0199. The molecule has 0 spiro atoms. The van der Waals surface area contributed by atoms with Crippen LogP contribution < -0.4 is 0 Å². The van der Waals surface area contributed by atoms with E-state index in [2.05, 4.69) is 106 Å². The minimum absolute atomic E-state index is 0.0970. The van der Waals surface area contributed by atoms with E-state index in [1.807, 2.05) is 0 Å². The summed E-state index contributed by atoms with van der Waals surface area (Å²) in [6.45, 7) is 6.49. The van der Waals surface area contributed by atoms with Gasteiger partial charge in [-0.1, -0.05) is 202 Å². The average molecular weight is 877 g/mol. The Balaban J connectivity index is 4.48. The third kappa shape index (κ3) is 49.5. The lowest BCUT2D eigenvalue weighted by Crippen LogP contribution is -2.30. The minimum atomic E-state index is -0.798. The molecule has 0 bridgehead atoms. The van der Waals surface area contributed by atoms with Crippen molar-refractivity contribution in [3.8, 4) is 0 Å². The fourth-order valence-electron chi connectivity index (χ4n) is 6.90. The average Bonchev–Trinajstić information content (AvgIpc) is 3.28. The van der Waals surface area contributed by atoms with Gasteiger partial charge >= 0.3 is 17.9 Å². The molecule has 0 aliphatic rings. The predicted octanol–water partition coefficient (Wildman–Crippen LogP) is 17.2. The summed E-state index contributed by atoms with van der Waals surface area (Å²) in [4.78, 5) is 38.0. The fourth-order valence-corrected chi connectivity index (χ4v) is 6.90. The van der Waals surface area contributed by atoms with Gasteiger partial charge in [-0.05, 0) is 103 Å². The largest absolute Gasteiger partial charge is 0.462 e.